The van der Waals surface area contributed by atoms with Crippen LogP contribution in [0, 0.1) is 0 Å². The Hall–Kier alpha value is -3.18. The van der Waals surface area contributed by atoms with Gasteiger partial charge in [0.25, 0.3) is 0 Å². The van der Waals surface area contributed by atoms with Crippen molar-refractivity contribution in [3.63, 3.8) is 0 Å². The van der Waals surface area contributed by atoms with Crippen LogP contribution in [0.1, 0.15) is 27.6 Å². The maximum atomic E-state index is 12.6. The van der Waals surface area contributed by atoms with Gasteiger partial charge in [-0.2, -0.15) is 0 Å². The summed E-state index contributed by atoms with van der Waals surface area (Å²) < 4.78 is 11.4. The highest BCUT2D eigenvalue weighted by molar-refractivity contribution is 7.99. The summed E-state index contributed by atoms with van der Waals surface area (Å²) in [4.78, 5) is 37.4. The van der Waals surface area contributed by atoms with Gasteiger partial charge in [0.2, 0.25) is 5.91 Å². The van der Waals surface area contributed by atoms with Gasteiger partial charge in [0, 0.05) is 6.54 Å². The first-order chi connectivity index (χ1) is 15.0. The van der Waals surface area contributed by atoms with Gasteiger partial charge in [-0.05, 0) is 36.6 Å². The van der Waals surface area contributed by atoms with Crippen LogP contribution >= 0.6 is 23.1 Å². The second kappa shape index (κ2) is 10.2. The predicted octanol–water partition coefficient (Wildman–Crippen LogP) is 3.33. The van der Waals surface area contributed by atoms with Crippen LogP contribution in [-0.2, 0) is 20.8 Å². The van der Waals surface area contributed by atoms with E-state index in [1.807, 2.05) is 29.0 Å². The van der Waals surface area contributed by atoms with Crippen molar-refractivity contribution in [2.45, 2.75) is 18.6 Å². The molecular weight excluding hydrogens is 440 g/mol. The summed E-state index contributed by atoms with van der Waals surface area (Å²) in [7, 11) is 2.49. The standard InChI is InChI=1S/C20H20N4O5S2/c1-4-24-17(15-6-5-9-30-15)22-23-20(24)31-11-16(25)21-14-10-12(18(26)28-2)7-8-13(14)19(27)29-3/h5-10H,4,11H2,1-3H3,(H,21,25). The Morgan fingerprint density at radius 1 is 1.13 bits per heavy atom. The number of carbonyl (C=O) groups excluding carboxylic acids is 3. The highest BCUT2D eigenvalue weighted by Crippen LogP contribution is 2.27. The fraction of sp³-hybridized carbons (Fsp3) is 0.250. The van der Waals surface area contributed by atoms with Gasteiger partial charge in [-0.15, -0.1) is 21.5 Å². The van der Waals surface area contributed by atoms with Crippen LogP contribution in [-0.4, -0.2) is 52.6 Å². The molecule has 0 aliphatic rings. The Balaban J connectivity index is 1.75. The fourth-order valence-corrected chi connectivity index (χ4v) is 4.29. The second-order valence-electron chi connectivity index (χ2n) is 6.11. The lowest BCUT2D eigenvalue weighted by Gasteiger charge is -2.11. The Morgan fingerprint density at radius 3 is 2.55 bits per heavy atom. The molecule has 1 N–H and O–H groups in total. The van der Waals surface area contributed by atoms with Gasteiger partial charge in [-0.1, -0.05) is 17.8 Å². The maximum absolute atomic E-state index is 12.6. The normalized spacial score (nSPS) is 10.5. The van der Waals surface area contributed by atoms with Crippen molar-refractivity contribution in [1.82, 2.24) is 14.8 Å². The molecule has 1 aromatic carbocycles. The largest absolute Gasteiger partial charge is 0.465 e. The first kappa shape index (κ1) is 22.5. The van der Waals surface area contributed by atoms with E-state index in [4.69, 9.17) is 9.47 Å². The maximum Gasteiger partial charge on any atom is 0.339 e. The average molecular weight is 461 g/mol. The van der Waals surface area contributed by atoms with E-state index in [1.165, 1.54) is 44.2 Å². The van der Waals surface area contributed by atoms with Gasteiger partial charge in [0.15, 0.2) is 11.0 Å². The van der Waals surface area contributed by atoms with Gasteiger partial charge >= 0.3 is 11.9 Å². The smallest absolute Gasteiger partial charge is 0.339 e. The summed E-state index contributed by atoms with van der Waals surface area (Å²) >= 11 is 2.79. The molecule has 0 radical (unpaired) electrons. The fourth-order valence-electron chi connectivity index (χ4n) is 2.77. The topological polar surface area (TPSA) is 112 Å². The summed E-state index contributed by atoms with van der Waals surface area (Å²) in [6.07, 6.45) is 0. The molecule has 0 atom stereocenters. The molecule has 0 bridgehead atoms. The van der Waals surface area contributed by atoms with Crippen LogP contribution in [0.2, 0.25) is 0 Å². The summed E-state index contributed by atoms with van der Waals surface area (Å²) in [5, 5.41) is 13.7. The van der Waals surface area contributed by atoms with Gasteiger partial charge in [0.05, 0.1) is 41.7 Å². The number of hydrogen-bond acceptors (Lipinski definition) is 9. The van der Waals surface area contributed by atoms with Gasteiger partial charge < -0.3 is 19.4 Å². The van der Waals surface area contributed by atoms with Crippen molar-refractivity contribution < 1.29 is 23.9 Å². The number of nitrogens with zero attached hydrogens (tertiary/aromatic N) is 3. The predicted molar refractivity (Wildman–Crippen MR) is 117 cm³/mol. The zero-order chi connectivity index (χ0) is 22.4. The van der Waals surface area contributed by atoms with E-state index in [0.29, 0.717) is 11.7 Å². The number of methoxy groups -OCH3 is 2. The molecule has 2 aromatic heterocycles. The molecule has 11 heteroatoms. The lowest BCUT2D eigenvalue weighted by molar-refractivity contribution is -0.113. The molecule has 0 aliphatic heterocycles. The number of esters is 2. The van der Waals surface area contributed by atoms with Crippen LogP contribution in [0.5, 0.6) is 0 Å². The van der Waals surface area contributed by atoms with E-state index < -0.39 is 11.9 Å². The number of aromatic nitrogens is 3. The van der Waals surface area contributed by atoms with Crippen molar-refractivity contribution in [3.05, 3.63) is 46.8 Å². The molecule has 0 saturated carbocycles. The van der Waals surface area contributed by atoms with Crippen LogP contribution in [0.15, 0.2) is 40.9 Å². The van der Waals surface area contributed by atoms with E-state index in [-0.39, 0.29) is 28.5 Å². The minimum atomic E-state index is -0.634. The minimum absolute atomic E-state index is 0.0334. The van der Waals surface area contributed by atoms with Crippen LogP contribution in [0.25, 0.3) is 10.7 Å². The number of rotatable bonds is 8. The monoisotopic (exact) mass is 460 g/mol. The zero-order valence-electron chi connectivity index (χ0n) is 17.1. The van der Waals surface area contributed by atoms with E-state index in [1.54, 1.807) is 11.3 Å². The first-order valence-electron chi connectivity index (χ1n) is 9.18. The highest BCUT2D eigenvalue weighted by Gasteiger charge is 2.19. The Kier molecular flexibility index (Phi) is 7.42. The summed E-state index contributed by atoms with van der Waals surface area (Å²) in [6.45, 7) is 2.63. The van der Waals surface area contributed by atoms with Crippen LogP contribution < -0.4 is 5.32 Å². The average Bonchev–Trinajstić information content (AvgIpc) is 3.45. The molecule has 1 amide bonds. The number of anilines is 1. The number of benzene rings is 1. The van der Waals surface area contributed by atoms with Gasteiger partial charge in [-0.3, -0.25) is 4.79 Å². The molecular formula is C20H20N4O5S2. The number of hydrogen-bond donors (Lipinski definition) is 1. The van der Waals surface area contributed by atoms with Crippen molar-refractivity contribution >= 4 is 46.6 Å². The zero-order valence-corrected chi connectivity index (χ0v) is 18.7. The second-order valence-corrected chi connectivity index (χ2v) is 8.00. The summed E-state index contributed by atoms with van der Waals surface area (Å²) in [5.41, 5.74) is 0.492. The van der Waals surface area contributed by atoms with Gasteiger partial charge in [-0.25, -0.2) is 9.59 Å². The number of amides is 1. The van der Waals surface area contributed by atoms with Crippen LogP contribution in [0.4, 0.5) is 5.69 Å². The number of thioether (sulfide) groups is 1. The molecule has 31 heavy (non-hydrogen) atoms. The molecule has 0 spiro atoms. The van der Waals surface area contributed by atoms with E-state index in [0.717, 1.165) is 10.7 Å². The Morgan fingerprint density at radius 2 is 1.90 bits per heavy atom. The third kappa shape index (κ3) is 5.12. The van der Waals surface area contributed by atoms with Crippen molar-refractivity contribution in [1.29, 1.82) is 0 Å². The molecule has 0 fully saturated rings. The number of carbonyl (C=O) groups is 3. The van der Waals surface area contributed by atoms with E-state index >= 15 is 0 Å². The molecule has 0 saturated heterocycles. The Bertz CT molecular complexity index is 1100. The lowest BCUT2D eigenvalue weighted by Crippen LogP contribution is -2.18. The van der Waals surface area contributed by atoms with E-state index in [2.05, 4.69) is 15.5 Å². The third-order valence-corrected chi connectivity index (χ3v) is 6.06. The molecule has 9 nitrogen and oxygen atoms in total. The van der Waals surface area contributed by atoms with Gasteiger partial charge in [0.1, 0.15) is 0 Å². The number of ether oxygens (including phenoxy) is 2. The van der Waals surface area contributed by atoms with Crippen molar-refractivity contribution in [2.24, 2.45) is 0 Å². The quantitative estimate of drug-likeness (QED) is 0.402. The molecule has 3 aromatic rings. The number of thiophene rings is 1. The summed E-state index contributed by atoms with van der Waals surface area (Å²) in [5.74, 6) is -0.810. The van der Waals surface area contributed by atoms with Crippen molar-refractivity contribution in [2.75, 3.05) is 25.3 Å². The number of nitrogens with one attached hydrogen (secondary N) is 1. The summed E-state index contributed by atoms with van der Waals surface area (Å²) in [6, 6.07) is 8.12. The molecule has 3 rings (SSSR count). The third-order valence-electron chi connectivity index (χ3n) is 4.23. The molecule has 2 heterocycles. The molecule has 162 valence electrons. The molecule has 0 aliphatic carbocycles. The Labute approximate surface area is 186 Å². The van der Waals surface area contributed by atoms with Crippen LogP contribution in [0.3, 0.4) is 0 Å². The lowest BCUT2D eigenvalue weighted by atomic mass is 10.1. The van der Waals surface area contributed by atoms with E-state index in [9.17, 15) is 14.4 Å². The first-order valence-corrected chi connectivity index (χ1v) is 11.0. The minimum Gasteiger partial charge on any atom is -0.465 e. The highest BCUT2D eigenvalue weighted by atomic mass is 32.2. The molecule has 0 unspecified atom stereocenters. The van der Waals surface area contributed by atoms with Crippen molar-refractivity contribution in [3.8, 4) is 10.7 Å². The SMILES string of the molecule is CCn1c(SCC(=O)Nc2cc(C(=O)OC)ccc2C(=O)OC)nnc1-c1cccs1.